The first-order valence-corrected chi connectivity index (χ1v) is 14.4. The maximum atomic E-state index is 13.3. The van der Waals surface area contributed by atoms with Crippen molar-refractivity contribution in [1.82, 2.24) is 0 Å². The highest BCUT2D eigenvalue weighted by Crippen LogP contribution is 2.25. The van der Waals surface area contributed by atoms with Crippen molar-refractivity contribution in [1.29, 1.82) is 0 Å². The molecule has 1 fully saturated rings. The number of rotatable bonds is 6. The topological polar surface area (TPSA) is 115 Å². The number of methoxy groups -OCH3 is 1. The molecule has 0 bridgehead atoms. The average molecular weight is 563 g/mol. The molecule has 1 saturated heterocycles. The number of ether oxygens (including phenoxy) is 4. The predicted molar refractivity (Wildman–Crippen MR) is 155 cm³/mol. The van der Waals surface area contributed by atoms with Crippen molar-refractivity contribution in [3.63, 3.8) is 0 Å². The Morgan fingerprint density at radius 3 is 2.55 bits per heavy atom. The van der Waals surface area contributed by atoms with Crippen molar-refractivity contribution in [2.45, 2.75) is 117 Å². The van der Waals surface area contributed by atoms with Gasteiger partial charge in [-0.25, -0.2) is 4.79 Å². The summed E-state index contributed by atoms with van der Waals surface area (Å²) in [6.45, 7) is 11.4. The summed E-state index contributed by atoms with van der Waals surface area (Å²) in [6, 6.07) is 0. The van der Waals surface area contributed by atoms with Crippen LogP contribution >= 0.6 is 0 Å². The first-order valence-electron chi connectivity index (χ1n) is 14.4. The molecule has 8 atom stereocenters. The molecule has 2 aliphatic heterocycles. The molecule has 0 aromatic rings. The van der Waals surface area contributed by atoms with Crippen molar-refractivity contribution >= 4 is 5.97 Å². The molecule has 2 aliphatic rings. The van der Waals surface area contributed by atoms with Crippen molar-refractivity contribution in [3.8, 4) is 0 Å². The quantitative estimate of drug-likeness (QED) is 0.315. The Balaban J connectivity index is 2.36. The van der Waals surface area contributed by atoms with Gasteiger partial charge in [-0.2, -0.15) is 0 Å². The van der Waals surface area contributed by atoms with Gasteiger partial charge in [0.1, 0.15) is 12.2 Å². The van der Waals surface area contributed by atoms with Crippen LogP contribution in [0.3, 0.4) is 0 Å². The maximum Gasteiger partial charge on any atom is 0.336 e. The number of cyclic esters (lactones) is 1. The first kappa shape index (κ1) is 34.1. The molecule has 0 aliphatic carbocycles. The van der Waals surface area contributed by atoms with Crippen molar-refractivity contribution in [3.05, 3.63) is 58.7 Å². The molecule has 0 unspecified atom stereocenters. The van der Waals surface area contributed by atoms with Crippen LogP contribution in [0, 0.1) is 5.92 Å². The monoisotopic (exact) mass is 562 g/mol. The number of hydrogen-bond acceptors (Lipinski definition) is 8. The zero-order valence-corrected chi connectivity index (χ0v) is 25.2. The number of carbonyl (C=O) groups excluding carboxylic acids is 1. The highest BCUT2D eigenvalue weighted by molar-refractivity contribution is 5.89. The predicted octanol–water partition coefficient (Wildman–Crippen LogP) is 4.70. The molecule has 0 aromatic carbocycles. The molecule has 3 N–H and O–H groups in total. The molecule has 0 radical (unpaired) electrons. The standard InChI is InChI=1S/C32H50O8/c1-8-25-16-21(3)15-20(2)13-14-29(24(6)33)40-31(36)26(11-9-10-12-27(34)22(4)17-25)19-38-32-30(37-7)28(35)18-23(5)39-32/h9-11,13,15,17,23-25,27-30,32-35H,8,12,14,16,18-19H2,1-7H3/b10-9+,20-13+,21-15+,22-17+,26-11+/t23-,24-,25-,27+,28+,29+,30+,32-/m1/s1. The lowest BCUT2D eigenvalue weighted by molar-refractivity contribution is -0.266. The van der Waals surface area contributed by atoms with Gasteiger partial charge in [-0.05, 0) is 71.4 Å². The Hall–Kier alpha value is -2.07. The van der Waals surface area contributed by atoms with E-state index in [9.17, 15) is 20.1 Å². The summed E-state index contributed by atoms with van der Waals surface area (Å²) in [6.07, 6.45) is 9.44. The van der Waals surface area contributed by atoms with Crippen LogP contribution in [0.2, 0.25) is 0 Å². The zero-order valence-electron chi connectivity index (χ0n) is 25.2. The van der Waals surface area contributed by atoms with Crippen LogP contribution in [0.5, 0.6) is 0 Å². The van der Waals surface area contributed by atoms with Crippen LogP contribution in [0.15, 0.2) is 58.7 Å². The molecule has 40 heavy (non-hydrogen) atoms. The number of carbonyl (C=O) groups is 1. The SMILES string of the molecule is CC[C@H]1/C=C(\C)[C@@H](O)C/C=C/C=C(\CO[C@@H]2O[C@H](C)C[C@H](O)[C@@H]2OC)C(=O)O[C@H]([C@@H](C)O)C/C=C(C)/C=C(\C)C1. The van der Waals surface area contributed by atoms with E-state index in [2.05, 4.69) is 26.0 Å². The van der Waals surface area contributed by atoms with Gasteiger partial charge < -0.3 is 34.3 Å². The van der Waals surface area contributed by atoms with Gasteiger partial charge in [0.05, 0.1) is 36.6 Å². The van der Waals surface area contributed by atoms with E-state index in [1.54, 1.807) is 25.2 Å². The van der Waals surface area contributed by atoms with E-state index in [1.807, 2.05) is 26.8 Å². The smallest absolute Gasteiger partial charge is 0.336 e. The number of aliphatic hydroxyl groups excluding tert-OH is 3. The van der Waals surface area contributed by atoms with E-state index >= 15 is 0 Å². The minimum Gasteiger partial charge on any atom is -0.456 e. The van der Waals surface area contributed by atoms with Gasteiger partial charge in [0.25, 0.3) is 0 Å². The molecule has 2 rings (SSSR count). The fraction of sp³-hybridized carbons (Fsp3) is 0.656. The van der Waals surface area contributed by atoms with Crippen LogP contribution in [-0.2, 0) is 23.7 Å². The summed E-state index contributed by atoms with van der Waals surface area (Å²) in [5, 5.41) is 31.5. The van der Waals surface area contributed by atoms with Crippen molar-refractivity contribution < 1.29 is 39.1 Å². The lowest BCUT2D eigenvalue weighted by Gasteiger charge is -2.37. The summed E-state index contributed by atoms with van der Waals surface area (Å²) in [4.78, 5) is 13.3. The third kappa shape index (κ3) is 11.1. The summed E-state index contributed by atoms with van der Waals surface area (Å²) < 4.78 is 22.9. The average Bonchev–Trinajstić information content (AvgIpc) is 2.88. The Morgan fingerprint density at radius 2 is 1.90 bits per heavy atom. The van der Waals surface area contributed by atoms with Crippen LogP contribution in [0.1, 0.15) is 73.6 Å². The Bertz CT molecular complexity index is 960. The highest BCUT2D eigenvalue weighted by Gasteiger charge is 2.37. The maximum absolute atomic E-state index is 13.3. The molecule has 0 amide bonds. The molecule has 8 heteroatoms. The van der Waals surface area contributed by atoms with E-state index in [1.165, 1.54) is 12.7 Å². The van der Waals surface area contributed by atoms with Gasteiger partial charge in [0.15, 0.2) is 6.29 Å². The van der Waals surface area contributed by atoms with E-state index in [0.29, 0.717) is 25.2 Å². The summed E-state index contributed by atoms with van der Waals surface area (Å²) in [5.41, 5.74) is 3.35. The Kier molecular flexibility index (Phi) is 14.5. The second-order valence-electron chi connectivity index (χ2n) is 11.1. The van der Waals surface area contributed by atoms with Gasteiger partial charge in [0.2, 0.25) is 0 Å². The van der Waals surface area contributed by atoms with Crippen molar-refractivity contribution in [2.75, 3.05) is 13.7 Å². The second kappa shape index (κ2) is 17.0. The van der Waals surface area contributed by atoms with E-state index in [-0.39, 0.29) is 18.3 Å². The number of aliphatic hydroxyl groups is 3. The van der Waals surface area contributed by atoms with Gasteiger partial charge in [-0.1, -0.05) is 48.5 Å². The third-order valence-electron chi connectivity index (χ3n) is 7.39. The van der Waals surface area contributed by atoms with Gasteiger partial charge in [0, 0.05) is 20.0 Å². The molecular formula is C32H50O8. The Labute approximate surface area is 240 Å². The van der Waals surface area contributed by atoms with Crippen LogP contribution in [-0.4, -0.2) is 77.9 Å². The van der Waals surface area contributed by atoms with E-state index in [4.69, 9.17) is 18.9 Å². The largest absolute Gasteiger partial charge is 0.456 e. The number of hydrogen-bond donors (Lipinski definition) is 3. The molecule has 2 heterocycles. The molecule has 0 spiro atoms. The van der Waals surface area contributed by atoms with Crippen LogP contribution in [0.25, 0.3) is 0 Å². The molecular weight excluding hydrogens is 512 g/mol. The summed E-state index contributed by atoms with van der Waals surface area (Å²) in [5.74, 6) is -0.314. The molecule has 0 saturated carbocycles. The van der Waals surface area contributed by atoms with Crippen molar-refractivity contribution in [2.24, 2.45) is 5.92 Å². The Morgan fingerprint density at radius 1 is 1.18 bits per heavy atom. The normalized spacial score (nSPS) is 38.5. The minimum atomic E-state index is -0.885. The second-order valence-corrected chi connectivity index (χ2v) is 11.1. The zero-order chi connectivity index (χ0) is 29.8. The van der Waals surface area contributed by atoms with Crippen LogP contribution < -0.4 is 0 Å². The fourth-order valence-corrected chi connectivity index (χ4v) is 4.93. The highest BCUT2D eigenvalue weighted by atomic mass is 16.7. The van der Waals surface area contributed by atoms with E-state index in [0.717, 1.165) is 24.0 Å². The lowest BCUT2D eigenvalue weighted by atomic mass is 9.92. The third-order valence-corrected chi connectivity index (χ3v) is 7.39. The molecule has 0 aromatic heterocycles. The van der Waals surface area contributed by atoms with E-state index < -0.39 is 42.8 Å². The fourth-order valence-electron chi connectivity index (χ4n) is 4.93. The summed E-state index contributed by atoms with van der Waals surface area (Å²) in [7, 11) is 1.47. The van der Waals surface area contributed by atoms with Gasteiger partial charge in [-0.3, -0.25) is 0 Å². The number of esters is 1. The molecule has 226 valence electrons. The lowest BCUT2D eigenvalue weighted by Crippen LogP contribution is -2.50. The number of allylic oxidation sites excluding steroid dienone is 6. The minimum absolute atomic E-state index is 0.157. The first-order chi connectivity index (χ1) is 18.9. The van der Waals surface area contributed by atoms with Gasteiger partial charge >= 0.3 is 5.97 Å². The summed E-state index contributed by atoms with van der Waals surface area (Å²) >= 11 is 0. The van der Waals surface area contributed by atoms with Gasteiger partial charge in [-0.15, -0.1) is 0 Å². The molecule has 8 nitrogen and oxygen atoms in total. The van der Waals surface area contributed by atoms with Crippen LogP contribution in [0.4, 0.5) is 0 Å².